The molecule has 0 saturated heterocycles. The van der Waals surface area contributed by atoms with E-state index in [9.17, 15) is 9.36 Å². The second kappa shape index (κ2) is 12.8. The number of aromatic nitrogens is 1. The van der Waals surface area contributed by atoms with E-state index in [0.29, 0.717) is 55.5 Å². The van der Waals surface area contributed by atoms with Gasteiger partial charge < -0.3 is 32.8 Å². The average Bonchev–Trinajstić information content (AvgIpc) is 2.76. The molecule has 11 heteroatoms. The van der Waals surface area contributed by atoms with Crippen molar-refractivity contribution < 1.29 is 32.8 Å². The zero-order valence-corrected chi connectivity index (χ0v) is 22.9. The van der Waals surface area contributed by atoms with Crippen molar-refractivity contribution >= 4 is 23.3 Å². The Labute approximate surface area is 204 Å². The summed E-state index contributed by atoms with van der Waals surface area (Å²) in [6.07, 6.45) is 2.63. The van der Waals surface area contributed by atoms with Gasteiger partial charge in [0, 0.05) is 58.4 Å². The molecule has 0 saturated carbocycles. The monoisotopic (exact) mass is 553 g/mol. The summed E-state index contributed by atoms with van der Waals surface area (Å²) in [4.78, 5) is 12.8. The number of rotatable bonds is 14. The van der Waals surface area contributed by atoms with Crippen molar-refractivity contribution in [3.63, 3.8) is 0 Å². The highest BCUT2D eigenvalue weighted by Crippen LogP contribution is 2.50. The fourth-order valence-electron chi connectivity index (χ4n) is 4.28. The molecule has 0 bridgehead atoms. The molecule has 9 nitrogen and oxygen atoms in total. The van der Waals surface area contributed by atoms with E-state index in [2.05, 4.69) is 22.9 Å². The molecule has 1 aromatic heterocycles. The second-order valence-electron chi connectivity index (χ2n) is 8.45. The molecule has 0 spiro atoms. The van der Waals surface area contributed by atoms with Gasteiger partial charge in [-0.15, -0.1) is 0 Å². The van der Waals surface area contributed by atoms with Gasteiger partial charge in [0.05, 0.1) is 30.0 Å². The minimum atomic E-state index is -2.62. The fraction of sp³-hybridized carbons (Fsp3) is 0.773. The smallest absolute Gasteiger partial charge is 0.237 e. The van der Waals surface area contributed by atoms with Crippen LogP contribution in [0.2, 0.25) is 0 Å². The third-order valence-corrected chi connectivity index (χ3v) is 8.51. The number of pyridine rings is 1. The van der Waals surface area contributed by atoms with Crippen molar-refractivity contribution in [1.82, 2.24) is 4.57 Å². The molecular weight excluding hydrogens is 517 g/mol. The van der Waals surface area contributed by atoms with Crippen LogP contribution in [0.3, 0.4) is 0 Å². The van der Waals surface area contributed by atoms with Crippen molar-refractivity contribution in [2.45, 2.75) is 45.4 Å². The molecule has 0 amide bonds. The largest absolute Gasteiger partial charge is 0.491 e. The zero-order valence-electron chi connectivity index (χ0n) is 20.4. The van der Waals surface area contributed by atoms with Crippen LogP contribution in [-0.2, 0) is 34.6 Å². The lowest BCUT2D eigenvalue weighted by Gasteiger charge is -2.48. The Kier molecular flexibility index (Phi) is 11.1. The van der Waals surface area contributed by atoms with Crippen molar-refractivity contribution in [1.29, 1.82) is 0 Å². The molecule has 4 atom stereocenters. The van der Waals surface area contributed by atoms with Gasteiger partial charge in [0.1, 0.15) is 12.9 Å². The van der Waals surface area contributed by atoms with Gasteiger partial charge in [-0.2, -0.15) is 0 Å². The maximum Gasteiger partial charge on any atom is 0.237 e. The summed E-state index contributed by atoms with van der Waals surface area (Å²) < 4.78 is 48.8. The van der Waals surface area contributed by atoms with Crippen molar-refractivity contribution in [2.75, 3.05) is 60.8 Å². The molecule has 33 heavy (non-hydrogen) atoms. The number of fused-ring (bicyclic) bond motifs is 1. The fourth-order valence-corrected chi connectivity index (χ4v) is 6.09. The van der Waals surface area contributed by atoms with Crippen LogP contribution in [0.4, 0.5) is 0 Å². The predicted molar refractivity (Wildman–Crippen MR) is 130 cm³/mol. The number of nitrogens with zero attached hydrogens (tertiary/aromatic N) is 1. The van der Waals surface area contributed by atoms with Crippen LogP contribution in [0.5, 0.6) is 5.75 Å². The lowest BCUT2D eigenvalue weighted by atomic mass is 9.72. The first-order chi connectivity index (χ1) is 15.6. The molecule has 0 aromatic carbocycles. The maximum atomic E-state index is 12.8. The molecule has 0 fully saturated rings. The average molecular weight is 554 g/mol. The molecule has 0 aliphatic carbocycles. The van der Waals surface area contributed by atoms with E-state index < -0.39 is 18.9 Å². The van der Waals surface area contributed by atoms with E-state index in [1.165, 1.54) is 7.11 Å². The van der Waals surface area contributed by atoms with Crippen molar-refractivity contribution in [2.24, 2.45) is 5.41 Å². The summed E-state index contributed by atoms with van der Waals surface area (Å²) in [7, 11) is 2.06. The normalized spacial score (nSPS) is 24.3. The Balaban J connectivity index is 2.40. The zero-order chi connectivity index (χ0) is 24.6. The topological polar surface area (TPSA) is 94.5 Å². The molecule has 0 radical (unpaired) electrons. The van der Waals surface area contributed by atoms with Gasteiger partial charge in [-0.25, -0.2) is 0 Å². The Hall–Kier alpha value is -0.740. The van der Waals surface area contributed by atoms with Crippen molar-refractivity contribution in [3.05, 3.63) is 26.6 Å². The molecule has 0 N–H and O–H groups in total. The number of ether oxygens (including phenoxy) is 5. The van der Waals surface area contributed by atoms with Crippen LogP contribution in [-0.4, -0.2) is 71.4 Å². The predicted octanol–water partition coefficient (Wildman–Crippen LogP) is 4.06. The molecule has 4 unspecified atom stereocenters. The van der Waals surface area contributed by atoms with Crippen LogP contribution in [0.25, 0.3) is 0 Å². The van der Waals surface area contributed by atoms with Crippen LogP contribution < -0.4 is 10.2 Å². The first kappa shape index (κ1) is 28.5. The number of hydrogen-bond donors (Lipinski definition) is 0. The summed E-state index contributed by atoms with van der Waals surface area (Å²) in [5.74, 6) is 0.233. The lowest BCUT2D eigenvalue weighted by Crippen LogP contribution is -2.50. The third kappa shape index (κ3) is 6.90. The highest BCUT2D eigenvalue weighted by Gasteiger charge is 2.50. The summed E-state index contributed by atoms with van der Waals surface area (Å²) in [6.45, 7) is 7.43. The van der Waals surface area contributed by atoms with Gasteiger partial charge in [0.2, 0.25) is 5.43 Å². The molecule has 2 heterocycles. The highest BCUT2D eigenvalue weighted by atomic mass is 79.9. The van der Waals surface area contributed by atoms with E-state index in [-0.39, 0.29) is 24.1 Å². The quantitative estimate of drug-likeness (QED) is 0.193. The lowest BCUT2D eigenvalue weighted by molar-refractivity contribution is -0.183. The number of hydrogen-bond acceptors (Lipinski definition) is 8. The summed E-state index contributed by atoms with van der Waals surface area (Å²) in [6, 6.07) is 0. The van der Waals surface area contributed by atoms with Crippen LogP contribution >= 0.6 is 23.3 Å². The van der Waals surface area contributed by atoms with E-state index in [1.807, 2.05) is 11.5 Å². The second-order valence-corrected chi connectivity index (χ2v) is 12.0. The minimum absolute atomic E-state index is 0.0424. The van der Waals surface area contributed by atoms with E-state index in [0.717, 1.165) is 0 Å². The maximum absolute atomic E-state index is 12.8. The molecular formula is C22H37BrNO8P. The number of halogens is 1. The molecule has 1 aliphatic rings. The van der Waals surface area contributed by atoms with E-state index >= 15 is 0 Å². The molecule has 1 aliphatic heterocycles. The van der Waals surface area contributed by atoms with Gasteiger partial charge >= 0.3 is 0 Å². The SMILES string of the molecule is CCOP(C)(=O)CCCOC1Cn2cc(Br)c(=O)c(OC)c2C(OCOC)C1(C)CCOC. The first-order valence-electron chi connectivity index (χ1n) is 11.0. The van der Waals surface area contributed by atoms with E-state index in [4.69, 9.17) is 28.2 Å². The van der Waals surface area contributed by atoms with Gasteiger partial charge in [-0.3, -0.25) is 9.36 Å². The standard InChI is InChI=1S/C22H37BrNO8P/c1-7-32-33(6,26)12-8-10-30-17-14-24-13-16(23)19(25)20(29-5)18(24)21(31-15-28-4)22(17,2)9-11-27-3/h13,17,21H,7-12,14-15H2,1-6H3. The van der Waals surface area contributed by atoms with Gasteiger partial charge in [-0.1, -0.05) is 6.92 Å². The van der Waals surface area contributed by atoms with E-state index in [1.54, 1.807) is 27.1 Å². The highest BCUT2D eigenvalue weighted by molar-refractivity contribution is 9.10. The number of methoxy groups -OCH3 is 3. The van der Waals surface area contributed by atoms with Crippen LogP contribution in [0.1, 0.15) is 38.5 Å². The Morgan fingerprint density at radius 2 is 1.94 bits per heavy atom. The minimum Gasteiger partial charge on any atom is -0.491 e. The van der Waals surface area contributed by atoms with Gasteiger partial charge in [0.15, 0.2) is 13.1 Å². The van der Waals surface area contributed by atoms with Crippen molar-refractivity contribution in [3.8, 4) is 5.75 Å². The Morgan fingerprint density at radius 1 is 1.21 bits per heavy atom. The van der Waals surface area contributed by atoms with Gasteiger partial charge in [-0.05, 0) is 35.7 Å². The first-order valence-corrected chi connectivity index (χ1v) is 14.1. The third-order valence-electron chi connectivity index (χ3n) is 6.01. The summed E-state index contributed by atoms with van der Waals surface area (Å²) >= 11 is 3.34. The van der Waals surface area contributed by atoms with Crippen LogP contribution in [0, 0.1) is 5.41 Å². The Bertz CT molecular complexity index is 879. The van der Waals surface area contributed by atoms with Crippen LogP contribution in [0.15, 0.2) is 15.5 Å². The molecule has 1 aromatic rings. The molecule has 2 rings (SSSR count). The molecule has 190 valence electrons. The summed E-state index contributed by atoms with van der Waals surface area (Å²) in [5.41, 5.74) is -0.133. The summed E-state index contributed by atoms with van der Waals surface area (Å²) in [5, 5.41) is 0. The van der Waals surface area contributed by atoms with Gasteiger partial charge in [0.25, 0.3) is 0 Å². The Morgan fingerprint density at radius 3 is 2.55 bits per heavy atom.